The van der Waals surface area contributed by atoms with Gasteiger partial charge in [0.2, 0.25) is 20.0 Å². The number of amides is 1. The molecule has 0 spiro atoms. The molecule has 0 aliphatic carbocycles. The molecule has 5 rings (SSSR count). The smallest absolute Gasteiger partial charge is 0.255 e. The Hall–Kier alpha value is -4.53. The molecule has 0 aliphatic heterocycles. The van der Waals surface area contributed by atoms with Gasteiger partial charge in [0.25, 0.3) is 5.91 Å². The highest BCUT2D eigenvalue weighted by atomic mass is 35.5. The molecule has 0 saturated heterocycles. The lowest BCUT2D eigenvalue weighted by molar-refractivity contribution is -0.121. The molecular weight excluding hydrogens is 664 g/mol. The molecule has 0 aliphatic rings. The molecule has 0 saturated carbocycles. The van der Waals surface area contributed by atoms with E-state index in [9.17, 15) is 21.6 Å². The molecule has 5 aromatic rings. The summed E-state index contributed by atoms with van der Waals surface area (Å²) in [6.07, 6.45) is 2.65. The maximum absolute atomic E-state index is 13.6. The number of aryl methyl sites for hydroxylation is 1. The van der Waals surface area contributed by atoms with E-state index in [1.807, 2.05) is 31.2 Å². The lowest BCUT2D eigenvalue weighted by Gasteiger charge is -2.21. The van der Waals surface area contributed by atoms with Crippen molar-refractivity contribution < 1.29 is 30.5 Å². The van der Waals surface area contributed by atoms with Crippen LogP contribution in [0.15, 0.2) is 133 Å². The minimum Gasteiger partial charge on any atom is -0.468 e. The zero-order valence-corrected chi connectivity index (χ0v) is 27.6. The number of rotatable bonds is 14. The van der Waals surface area contributed by atoms with Crippen LogP contribution in [-0.2, 0) is 44.5 Å². The Labute approximate surface area is 278 Å². The highest BCUT2D eigenvalue weighted by Crippen LogP contribution is 2.24. The largest absolute Gasteiger partial charge is 0.468 e. The van der Waals surface area contributed by atoms with Crippen molar-refractivity contribution in [1.29, 1.82) is 0 Å². The van der Waals surface area contributed by atoms with Gasteiger partial charge in [0, 0.05) is 11.6 Å². The minimum absolute atomic E-state index is 0.0282. The summed E-state index contributed by atoms with van der Waals surface area (Å²) in [5, 5.41) is 4.33. The van der Waals surface area contributed by atoms with Crippen molar-refractivity contribution in [2.45, 2.75) is 36.3 Å². The highest BCUT2D eigenvalue weighted by molar-refractivity contribution is 7.89. The van der Waals surface area contributed by atoms with E-state index in [0.29, 0.717) is 16.5 Å². The Kier molecular flexibility index (Phi) is 10.7. The standard InChI is InChI=1S/C33H31ClN4O7S2/c1-25-9-11-26(12-10-25)21-37(47(42,43)32-17-13-27(34)14-18-32)23-30-16-15-28(45-30)20-35-36-33(39)24-38(22-29-6-5-19-44-29)46(40,41)31-7-3-2-4-8-31/h2-20H,21-24H2,1H3,(H,36,39)/b35-20-. The van der Waals surface area contributed by atoms with Gasteiger partial charge in [-0.1, -0.05) is 59.6 Å². The number of hydrogen-bond acceptors (Lipinski definition) is 8. The molecule has 47 heavy (non-hydrogen) atoms. The van der Waals surface area contributed by atoms with Gasteiger partial charge < -0.3 is 8.83 Å². The number of carbonyl (C=O) groups excluding carboxylic acids is 1. The van der Waals surface area contributed by atoms with Crippen LogP contribution in [0, 0.1) is 6.92 Å². The second-order valence-corrected chi connectivity index (χ2v) is 14.8. The van der Waals surface area contributed by atoms with Crippen LogP contribution in [0.3, 0.4) is 0 Å². The van der Waals surface area contributed by atoms with Gasteiger partial charge in [-0.15, -0.1) is 0 Å². The average Bonchev–Trinajstić information content (AvgIpc) is 3.74. The third-order valence-electron chi connectivity index (χ3n) is 6.94. The molecule has 0 unspecified atom stereocenters. The summed E-state index contributed by atoms with van der Waals surface area (Å²) in [5.74, 6) is 0.237. The quantitative estimate of drug-likeness (QED) is 0.118. The molecule has 244 valence electrons. The second kappa shape index (κ2) is 14.9. The monoisotopic (exact) mass is 694 g/mol. The molecule has 1 amide bonds. The fourth-order valence-corrected chi connectivity index (χ4v) is 7.41. The van der Waals surface area contributed by atoms with E-state index < -0.39 is 32.5 Å². The van der Waals surface area contributed by atoms with Crippen molar-refractivity contribution in [3.8, 4) is 0 Å². The van der Waals surface area contributed by atoms with Gasteiger partial charge >= 0.3 is 0 Å². The van der Waals surface area contributed by atoms with Crippen molar-refractivity contribution in [1.82, 2.24) is 14.0 Å². The fraction of sp³-hybridized carbons (Fsp3) is 0.152. The van der Waals surface area contributed by atoms with Crippen molar-refractivity contribution in [3.05, 3.63) is 143 Å². The minimum atomic E-state index is -4.04. The Morgan fingerprint density at radius 3 is 2.11 bits per heavy atom. The summed E-state index contributed by atoms with van der Waals surface area (Å²) >= 11 is 5.98. The molecule has 2 heterocycles. The zero-order chi connectivity index (χ0) is 33.4. The van der Waals surface area contributed by atoms with Crippen LogP contribution in [0.5, 0.6) is 0 Å². The van der Waals surface area contributed by atoms with Crippen LogP contribution in [0.25, 0.3) is 0 Å². The third kappa shape index (κ3) is 8.84. The molecule has 0 radical (unpaired) electrons. The summed E-state index contributed by atoms with van der Waals surface area (Å²) < 4.78 is 67.3. The topological polar surface area (TPSA) is 142 Å². The van der Waals surface area contributed by atoms with E-state index in [2.05, 4.69) is 10.5 Å². The summed E-state index contributed by atoms with van der Waals surface area (Å²) in [4.78, 5) is 12.9. The Morgan fingerprint density at radius 2 is 1.43 bits per heavy atom. The van der Waals surface area contributed by atoms with Gasteiger partial charge in [-0.25, -0.2) is 22.3 Å². The van der Waals surface area contributed by atoms with Crippen molar-refractivity contribution >= 4 is 43.8 Å². The molecule has 14 heteroatoms. The van der Waals surface area contributed by atoms with Gasteiger partial charge in [-0.05, 0) is 73.2 Å². The summed E-state index contributed by atoms with van der Waals surface area (Å²) in [5.41, 5.74) is 4.16. The number of nitrogens with one attached hydrogen (secondary N) is 1. The van der Waals surface area contributed by atoms with Crippen molar-refractivity contribution in [3.63, 3.8) is 0 Å². The number of benzene rings is 3. The van der Waals surface area contributed by atoms with Crippen molar-refractivity contribution in [2.24, 2.45) is 5.10 Å². The number of hydrogen-bond donors (Lipinski definition) is 1. The van der Waals surface area contributed by atoms with Gasteiger partial charge in [0.1, 0.15) is 17.3 Å². The lowest BCUT2D eigenvalue weighted by Crippen LogP contribution is -2.38. The summed E-state index contributed by atoms with van der Waals surface area (Å²) in [7, 11) is -7.98. The van der Waals surface area contributed by atoms with Gasteiger partial charge in [0.15, 0.2) is 0 Å². The van der Waals surface area contributed by atoms with Gasteiger partial charge in [-0.2, -0.15) is 13.7 Å². The number of halogens is 1. The Morgan fingerprint density at radius 1 is 0.766 bits per heavy atom. The first kappa shape index (κ1) is 33.8. The third-order valence-corrected chi connectivity index (χ3v) is 10.8. The van der Waals surface area contributed by atoms with E-state index in [1.165, 1.54) is 53.2 Å². The zero-order valence-electron chi connectivity index (χ0n) is 25.2. The predicted molar refractivity (Wildman–Crippen MR) is 176 cm³/mol. The van der Waals surface area contributed by atoms with Crippen LogP contribution in [0.2, 0.25) is 5.02 Å². The molecule has 2 aromatic heterocycles. The molecule has 0 fully saturated rings. The maximum atomic E-state index is 13.6. The predicted octanol–water partition coefficient (Wildman–Crippen LogP) is 5.57. The van der Waals surface area contributed by atoms with E-state index >= 15 is 0 Å². The summed E-state index contributed by atoms with van der Waals surface area (Å²) in [6, 6.07) is 27.7. The maximum Gasteiger partial charge on any atom is 0.255 e. The number of sulfonamides is 2. The van der Waals surface area contributed by atoms with E-state index in [1.54, 1.807) is 42.5 Å². The molecule has 1 N–H and O–H groups in total. The number of nitrogens with zero attached hydrogens (tertiary/aromatic N) is 3. The van der Waals surface area contributed by atoms with Crippen LogP contribution in [0.4, 0.5) is 0 Å². The van der Waals surface area contributed by atoms with Crippen molar-refractivity contribution in [2.75, 3.05) is 6.54 Å². The number of carbonyl (C=O) groups is 1. The Balaban J connectivity index is 1.27. The first-order valence-corrected chi connectivity index (χ1v) is 17.6. The summed E-state index contributed by atoms with van der Waals surface area (Å²) in [6.45, 7) is 1.25. The molecule has 3 aromatic carbocycles. The van der Waals surface area contributed by atoms with Gasteiger partial charge in [0.05, 0.1) is 41.9 Å². The lowest BCUT2D eigenvalue weighted by atomic mass is 10.1. The molecular formula is C33H31ClN4O7S2. The highest BCUT2D eigenvalue weighted by Gasteiger charge is 2.28. The molecule has 11 nitrogen and oxygen atoms in total. The average molecular weight is 695 g/mol. The van der Waals surface area contributed by atoms with E-state index in [-0.39, 0.29) is 35.2 Å². The molecule has 0 atom stereocenters. The first-order valence-electron chi connectivity index (χ1n) is 14.3. The van der Waals surface area contributed by atoms with Crippen LogP contribution >= 0.6 is 11.6 Å². The Bertz CT molecular complexity index is 2030. The first-order chi connectivity index (χ1) is 22.5. The van der Waals surface area contributed by atoms with Crippen LogP contribution in [0.1, 0.15) is 28.4 Å². The van der Waals surface area contributed by atoms with E-state index in [0.717, 1.165) is 15.4 Å². The SMILES string of the molecule is Cc1ccc(CN(Cc2ccc(/C=N\NC(=O)CN(Cc3ccco3)S(=O)(=O)c3ccccc3)o2)S(=O)(=O)c2ccc(Cl)cc2)cc1. The number of furan rings is 2. The fourth-order valence-electron chi connectivity index (χ4n) is 4.51. The van der Waals surface area contributed by atoms with Crippen LogP contribution in [-0.4, -0.2) is 44.1 Å². The normalized spacial score (nSPS) is 12.3. The van der Waals surface area contributed by atoms with E-state index in [4.69, 9.17) is 20.4 Å². The number of hydrazone groups is 1. The second-order valence-electron chi connectivity index (χ2n) is 10.5. The molecule has 0 bridgehead atoms. The van der Waals surface area contributed by atoms with Gasteiger partial charge in [-0.3, -0.25) is 4.79 Å². The van der Waals surface area contributed by atoms with Crippen LogP contribution < -0.4 is 5.43 Å².